The second-order valence-corrected chi connectivity index (χ2v) is 7.22. The first-order valence-corrected chi connectivity index (χ1v) is 9.00. The number of carbonyl (C=O) groups excluding carboxylic acids is 1. The van der Waals surface area contributed by atoms with Gasteiger partial charge in [0, 0.05) is 6.04 Å². The molecule has 1 amide bonds. The van der Waals surface area contributed by atoms with E-state index in [9.17, 15) is 22.8 Å². The molecule has 8 heteroatoms. The highest BCUT2D eigenvalue weighted by molar-refractivity contribution is 5.84. The number of hydrogen-bond donors (Lipinski definition) is 1. The van der Waals surface area contributed by atoms with Crippen LogP contribution in [0, 0.1) is 13.8 Å². The number of aryl methyl sites for hydroxylation is 2. The Morgan fingerprint density at radius 1 is 1.22 bits per heavy atom. The number of halogens is 3. The molecule has 1 N–H and O–H groups in total. The zero-order chi connectivity index (χ0) is 19.9. The molecule has 0 spiro atoms. The Hall–Kier alpha value is -2.38. The molecule has 1 unspecified atom stereocenters. The van der Waals surface area contributed by atoms with Gasteiger partial charge >= 0.3 is 6.18 Å². The average molecular weight is 381 g/mol. The number of amides is 1. The third-order valence-corrected chi connectivity index (χ3v) is 5.24. The molecule has 1 atom stereocenters. The van der Waals surface area contributed by atoms with E-state index in [-0.39, 0.29) is 17.1 Å². The van der Waals surface area contributed by atoms with Gasteiger partial charge < -0.3 is 5.32 Å². The van der Waals surface area contributed by atoms with Crippen molar-refractivity contribution in [2.24, 2.45) is 0 Å². The number of rotatable bonds is 3. The molecular formula is C19H22F3N3O2. The summed E-state index contributed by atoms with van der Waals surface area (Å²) in [5.41, 5.74) is -0.959. The monoisotopic (exact) mass is 381 g/mol. The number of benzene rings is 1. The fourth-order valence-electron chi connectivity index (χ4n) is 3.54. The van der Waals surface area contributed by atoms with Gasteiger partial charge in [-0.2, -0.15) is 13.2 Å². The zero-order valence-electron chi connectivity index (χ0n) is 15.5. The van der Waals surface area contributed by atoms with Crippen LogP contribution in [0.4, 0.5) is 13.2 Å². The van der Waals surface area contributed by atoms with E-state index in [2.05, 4.69) is 10.3 Å². The molecule has 1 saturated carbocycles. The van der Waals surface area contributed by atoms with Crippen LogP contribution < -0.4 is 10.9 Å². The molecule has 1 aromatic carbocycles. The molecule has 146 valence electrons. The van der Waals surface area contributed by atoms with Gasteiger partial charge in [0.25, 0.3) is 5.56 Å². The molecule has 1 aliphatic carbocycles. The Labute approximate surface area is 154 Å². The number of carbonyl (C=O) groups is 1. The topological polar surface area (TPSA) is 64.0 Å². The summed E-state index contributed by atoms with van der Waals surface area (Å²) >= 11 is 0. The van der Waals surface area contributed by atoms with Crippen molar-refractivity contribution in [2.75, 3.05) is 0 Å². The number of hydrogen-bond acceptors (Lipinski definition) is 3. The lowest BCUT2D eigenvalue weighted by Gasteiger charge is -2.22. The lowest BCUT2D eigenvalue weighted by molar-refractivity contribution is -0.142. The highest BCUT2D eigenvalue weighted by Gasteiger charge is 2.38. The van der Waals surface area contributed by atoms with E-state index in [1.54, 1.807) is 19.9 Å². The van der Waals surface area contributed by atoms with Crippen LogP contribution in [0.2, 0.25) is 0 Å². The molecule has 0 aliphatic heterocycles. The van der Waals surface area contributed by atoms with Crippen molar-refractivity contribution in [3.63, 3.8) is 0 Å². The molecule has 1 heterocycles. The largest absolute Gasteiger partial charge is 0.438 e. The van der Waals surface area contributed by atoms with Gasteiger partial charge in [-0.15, -0.1) is 0 Å². The van der Waals surface area contributed by atoms with Gasteiger partial charge in [-0.1, -0.05) is 12.8 Å². The van der Waals surface area contributed by atoms with Gasteiger partial charge in [-0.05, 0) is 56.9 Å². The Morgan fingerprint density at radius 3 is 2.41 bits per heavy atom. The van der Waals surface area contributed by atoms with E-state index in [4.69, 9.17) is 0 Å². The van der Waals surface area contributed by atoms with Gasteiger partial charge in [-0.3, -0.25) is 14.2 Å². The van der Waals surface area contributed by atoms with Crippen LogP contribution in [0.1, 0.15) is 55.5 Å². The van der Waals surface area contributed by atoms with E-state index < -0.39 is 29.4 Å². The lowest BCUT2D eigenvalue weighted by atomic mass is 10.1. The maximum atomic E-state index is 13.4. The zero-order valence-corrected chi connectivity index (χ0v) is 15.5. The van der Waals surface area contributed by atoms with E-state index in [1.165, 1.54) is 13.0 Å². The summed E-state index contributed by atoms with van der Waals surface area (Å²) in [5, 5.41) is 2.85. The number of alkyl halides is 3. The molecule has 3 rings (SSSR count). The molecule has 1 fully saturated rings. The highest BCUT2D eigenvalue weighted by Crippen LogP contribution is 2.28. The van der Waals surface area contributed by atoms with Gasteiger partial charge in [0.2, 0.25) is 11.6 Å². The molecule has 0 saturated heterocycles. The first-order valence-electron chi connectivity index (χ1n) is 9.00. The van der Waals surface area contributed by atoms with Gasteiger partial charge in [0.05, 0.1) is 11.0 Å². The molecule has 27 heavy (non-hydrogen) atoms. The van der Waals surface area contributed by atoms with E-state index >= 15 is 0 Å². The predicted molar refractivity (Wildman–Crippen MR) is 95.6 cm³/mol. The highest BCUT2D eigenvalue weighted by atomic mass is 19.4. The first kappa shape index (κ1) is 19.4. The van der Waals surface area contributed by atoms with E-state index in [1.807, 2.05) is 0 Å². The summed E-state index contributed by atoms with van der Waals surface area (Å²) in [6, 6.07) is 2.05. The second kappa shape index (κ2) is 6.98. The summed E-state index contributed by atoms with van der Waals surface area (Å²) in [5.74, 6) is -0.456. The van der Waals surface area contributed by atoms with Crippen LogP contribution in [0.25, 0.3) is 11.0 Å². The third kappa shape index (κ3) is 3.70. The molecule has 0 bridgehead atoms. The molecule has 0 radical (unpaired) electrons. The molecule has 2 aromatic rings. The smallest absolute Gasteiger partial charge is 0.352 e. The summed E-state index contributed by atoms with van der Waals surface area (Å²) in [6.07, 6.45) is -1.19. The SMILES string of the molecule is Cc1cc2nc(C(F)(F)F)c(=O)n(C(C)C(=O)NC3CCCC3)c2cc1C. The van der Waals surface area contributed by atoms with Crippen LogP contribution in [-0.2, 0) is 11.0 Å². The van der Waals surface area contributed by atoms with Crippen molar-refractivity contribution in [3.8, 4) is 0 Å². The molecular weight excluding hydrogens is 359 g/mol. The van der Waals surface area contributed by atoms with Crippen LogP contribution in [-0.4, -0.2) is 21.5 Å². The van der Waals surface area contributed by atoms with Crippen LogP contribution >= 0.6 is 0 Å². The van der Waals surface area contributed by atoms with Crippen molar-refractivity contribution < 1.29 is 18.0 Å². The Kier molecular flexibility index (Phi) is 5.01. The molecule has 1 aromatic heterocycles. The van der Waals surface area contributed by atoms with Crippen molar-refractivity contribution in [1.82, 2.24) is 14.9 Å². The summed E-state index contributed by atoms with van der Waals surface area (Å²) < 4.78 is 41.0. The van der Waals surface area contributed by atoms with E-state index in [0.717, 1.165) is 41.4 Å². The van der Waals surface area contributed by atoms with Crippen LogP contribution in [0.15, 0.2) is 16.9 Å². The minimum atomic E-state index is -4.90. The van der Waals surface area contributed by atoms with E-state index in [0.29, 0.717) is 0 Å². The van der Waals surface area contributed by atoms with Crippen molar-refractivity contribution >= 4 is 16.9 Å². The predicted octanol–water partition coefficient (Wildman–Crippen LogP) is 3.65. The maximum absolute atomic E-state index is 13.4. The van der Waals surface area contributed by atoms with Gasteiger partial charge in [0.1, 0.15) is 6.04 Å². The maximum Gasteiger partial charge on any atom is 0.438 e. The van der Waals surface area contributed by atoms with Gasteiger partial charge in [-0.25, -0.2) is 4.98 Å². The van der Waals surface area contributed by atoms with Gasteiger partial charge in [0.15, 0.2) is 0 Å². The Morgan fingerprint density at radius 2 is 1.81 bits per heavy atom. The number of aromatic nitrogens is 2. The number of fused-ring (bicyclic) bond motifs is 1. The minimum Gasteiger partial charge on any atom is -0.352 e. The summed E-state index contributed by atoms with van der Waals surface area (Å²) in [4.78, 5) is 28.8. The van der Waals surface area contributed by atoms with Crippen molar-refractivity contribution in [2.45, 2.75) is 64.7 Å². The Balaban J connectivity index is 2.16. The van der Waals surface area contributed by atoms with Crippen molar-refractivity contribution in [1.29, 1.82) is 0 Å². The minimum absolute atomic E-state index is 0.00909. The van der Waals surface area contributed by atoms with Crippen molar-refractivity contribution in [3.05, 3.63) is 39.3 Å². The summed E-state index contributed by atoms with van der Waals surface area (Å²) in [6.45, 7) is 5.00. The summed E-state index contributed by atoms with van der Waals surface area (Å²) in [7, 11) is 0. The second-order valence-electron chi connectivity index (χ2n) is 7.22. The molecule has 5 nitrogen and oxygen atoms in total. The normalized spacial score (nSPS) is 16.7. The first-order chi connectivity index (χ1) is 12.6. The Bertz CT molecular complexity index is 944. The third-order valence-electron chi connectivity index (χ3n) is 5.24. The number of nitrogens with one attached hydrogen (secondary N) is 1. The lowest BCUT2D eigenvalue weighted by Crippen LogP contribution is -2.42. The fourth-order valence-corrected chi connectivity index (χ4v) is 3.54. The standard InChI is InChI=1S/C19H22F3N3O2/c1-10-8-14-15(9-11(10)2)25(18(27)16(24-14)19(20,21)22)12(3)17(26)23-13-6-4-5-7-13/h8-9,12-13H,4-7H2,1-3H3,(H,23,26). The quantitative estimate of drug-likeness (QED) is 0.883. The number of nitrogens with zero attached hydrogens (tertiary/aromatic N) is 2. The molecule has 1 aliphatic rings. The average Bonchev–Trinajstić information content (AvgIpc) is 3.07. The van der Waals surface area contributed by atoms with Crippen LogP contribution in [0.5, 0.6) is 0 Å². The van der Waals surface area contributed by atoms with Crippen LogP contribution in [0.3, 0.4) is 0 Å². The fraction of sp³-hybridized carbons (Fsp3) is 0.526.